The van der Waals surface area contributed by atoms with Gasteiger partial charge in [-0.2, -0.15) is 0 Å². The maximum absolute atomic E-state index is 5.69. The average molecular weight is 219 g/mol. The SMILES string of the molecule is Cc1cc(N)cnc1NC1CCCC(C)C1. The number of anilines is 2. The van der Waals surface area contributed by atoms with Crippen molar-refractivity contribution in [1.29, 1.82) is 0 Å². The summed E-state index contributed by atoms with van der Waals surface area (Å²) in [6, 6.07) is 2.56. The van der Waals surface area contributed by atoms with Crippen LogP contribution in [0.4, 0.5) is 11.5 Å². The van der Waals surface area contributed by atoms with Gasteiger partial charge in [-0.1, -0.05) is 19.8 Å². The number of pyridine rings is 1. The Kier molecular flexibility index (Phi) is 3.32. The Bertz CT molecular complexity index is 362. The van der Waals surface area contributed by atoms with Gasteiger partial charge in [-0.25, -0.2) is 4.98 Å². The molecule has 16 heavy (non-hydrogen) atoms. The monoisotopic (exact) mass is 219 g/mol. The molecule has 0 radical (unpaired) electrons. The molecule has 0 saturated heterocycles. The fourth-order valence-corrected chi connectivity index (χ4v) is 2.51. The zero-order chi connectivity index (χ0) is 11.5. The summed E-state index contributed by atoms with van der Waals surface area (Å²) in [4.78, 5) is 4.36. The molecule has 1 fully saturated rings. The van der Waals surface area contributed by atoms with Crippen molar-refractivity contribution in [3.05, 3.63) is 17.8 Å². The van der Waals surface area contributed by atoms with Crippen LogP contribution in [0.3, 0.4) is 0 Å². The number of nitrogens with zero attached hydrogens (tertiary/aromatic N) is 1. The van der Waals surface area contributed by atoms with E-state index in [1.807, 2.05) is 6.07 Å². The molecule has 0 amide bonds. The molecule has 1 aliphatic rings. The summed E-state index contributed by atoms with van der Waals surface area (Å²) in [5.41, 5.74) is 7.57. The minimum absolute atomic E-state index is 0.582. The lowest BCUT2D eigenvalue weighted by Gasteiger charge is -2.28. The van der Waals surface area contributed by atoms with Gasteiger partial charge in [0.05, 0.1) is 11.9 Å². The molecule has 3 N–H and O–H groups in total. The number of hydrogen-bond acceptors (Lipinski definition) is 3. The first-order chi connectivity index (χ1) is 7.65. The van der Waals surface area contributed by atoms with E-state index in [0.29, 0.717) is 6.04 Å². The van der Waals surface area contributed by atoms with Crippen molar-refractivity contribution in [1.82, 2.24) is 4.98 Å². The van der Waals surface area contributed by atoms with Gasteiger partial charge in [0, 0.05) is 6.04 Å². The summed E-state index contributed by atoms with van der Waals surface area (Å²) in [5, 5.41) is 3.54. The Labute approximate surface area is 97.5 Å². The normalized spacial score (nSPS) is 25.4. The molecular formula is C13H21N3. The van der Waals surface area contributed by atoms with E-state index in [9.17, 15) is 0 Å². The van der Waals surface area contributed by atoms with E-state index in [0.717, 1.165) is 23.0 Å². The van der Waals surface area contributed by atoms with Crippen molar-refractivity contribution < 1.29 is 0 Å². The highest BCUT2D eigenvalue weighted by Gasteiger charge is 2.19. The van der Waals surface area contributed by atoms with Crippen LogP contribution in [0.25, 0.3) is 0 Å². The number of nitrogens with two attached hydrogens (primary N) is 1. The van der Waals surface area contributed by atoms with Crippen LogP contribution < -0.4 is 11.1 Å². The molecule has 0 aromatic carbocycles. The Morgan fingerprint density at radius 2 is 2.25 bits per heavy atom. The second-order valence-corrected chi connectivity index (χ2v) is 5.05. The van der Waals surface area contributed by atoms with Gasteiger partial charge < -0.3 is 11.1 Å². The smallest absolute Gasteiger partial charge is 0.129 e. The minimum atomic E-state index is 0.582. The average Bonchev–Trinajstić information content (AvgIpc) is 2.22. The molecule has 3 nitrogen and oxygen atoms in total. The highest BCUT2D eigenvalue weighted by molar-refractivity contribution is 5.51. The molecule has 3 heteroatoms. The molecule has 0 spiro atoms. The Morgan fingerprint density at radius 3 is 2.94 bits per heavy atom. The third-order valence-corrected chi connectivity index (χ3v) is 3.38. The molecule has 1 aliphatic carbocycles. The summed E-state index contributed by atoms with van der Waals surface area (Å²) < 4.78 is 0. The lowest BCUT2D eigenvalue weighted by atomic mass is 9.87. The van der Waals surface area contributed by atoms with Gasteiger partial charge in [0.15, 0.2) is 0 Å². The van der Waals surface area contributed by atoms with Gasteiger partial charge in [0.2, 0.25) is 0 Å². The second kappa shape index (κ2) is 4.73. The number of aryl methyl sites for hydroxylation is 1. The van der Waals surface area contributed by atoms with E-state index < -0.39 is 0 Å². The van der Waals surface area contributed by atoms with E-state index in [2.05, 4.69) is 24.1 Å². The van der Waals surface area contributed by atoms with Crippen LogP contribution in [0, 0.1) is 12.8 Å². The van der Waals surface area contributed by atoms with Crippen LogP contribution in [0.1, 0.15) is 38.2 Å². The fourth-order valence-electron chi connectivity index (χ4n) is 2.51. The van der Waals surface area contributed by atoms with Crippen LogP contribution >= 0.6 is 0 Å². The van der Waals surface area contributed by atoms with Crippen LogP contribution in [-0.2, 0) is 0 Å². The summed E-state index contributed by atoms with van der Waals surface area (Å²) in [6.45, 7) is 4.38. The summed E-state index contributed by atoms with van der Waals surface area (Å²) in [5.74, 6) is 1.83. The molecule has 88 valence electrons. The van der Waals surface area contributed by atoms with E-state index in [4.69, 9.17) is 5.73 Å². The van der Waals surface area contributed by atoms with E-state index in [-0.39, 0.29) is 0 Å². The third kappa shape index (κ3) is 2.65. The van der Waals surface area contributed by atoms with Crippen LogP contribution in [-0.4, -0.2) is 11.0 Å². The van der Waals surface area contributed by atoms with E-state index in [1.165, 1.54) is 25.7 Å². The van der Waals surface area contributed by atoms with Crippen molar-refractivity contribution in [2.45, 2.75) is 45.6 Å². The molecular weight excluding hydrogens is 198 g/mol. The first kappa shape index (κ1) is 11.2. The van der Waals surface area contributed by atoms with E-state index >= 15 is 0 Å². The molecule has 2 rings (SSSR count). The Hall–Kier alpha value is -1.25. The lowest BCUT2D eigenvalue weighted by molar-refractivity contribution is 0.358. The maximum atomic E-state index is 5.69. The first-order valence-corrected chi connectivity index (χ1v) is 6.14. The number of rotatable bonds is 2. The minimum Gasteiger partial charge on any atom is -0.397 e. The molecule has 1 heterocycles. The predicted octanol–water partition coefficient (Wildman–Crippen LogP) is 2.96. The zero-order valence-electron chi connectivity index (χ0n) is 10.2. The highest BCUT2D eigenvalue weighted by Crippen LogP contribution is 2.26. The van der Waals surface area contributed by atoms with Gasteiger partial charge >= 0.3 is 0 Å². The first-order valence-electron chi connectivity index (χ1n) is 6.14. The van der Waals surface area contributed by atoms with E-state index in [1.54, 1.807) is 6.20 Å². The van der Waals surface area contributed by atoms with Crippen LogP contribution in [0.5, 0.6) is 0 Å². The van der Waals surface area contributed by atoms with Crippen molar-refractivity contribution in [3.63, 3.8) is 0 Å². The standard InChI is InChI=1S/C13H21N3/c1-9-4-3-5-12(6-9)16-13-10(2)7-11(14)8-15-13/h7-9,12H,3-6,14H2,1-2H3,(H,15,16). The number of hydrogen-bond donors (Lipinski definition) is 2. The van der Waals surface area contributed by atoms with Gasteiger partial charge in [0.25, 0.3) is 0 Å². The number of nitrogens with one attached hydrogen (secondary N) is 1. The van der Waals surface area contributed by atoms with Crippen molar-refractivity contribution in [3.8, 4) is 0 Å². The molecule has 2 unspecified atom stereocenters. The van der Waals surface area contributed by atoms with Crippen molar-refractivity contribution >= 4 is 11.5 Å². The summed E-state index contributed by atoms with van der Waals surface area (Å²) in [7, 11) is 0. The van der Waals surface area contributed by atoms with Crippen molar-refractivity contribution in [2.75, 3.05) is 11.1 Å². The predicted molar refractivity (Wildman–Crippen MR) is 68.4 cm³/mol. The molecule has 2 atom stereocenters. The molecule has 1 aromatic rings. The Balaban J connectivity index is 2.02. The summed E-state index contributed by atoms with van der Waals surface area (Å²) >= 11 is 0. The molecule has 1 saturated carbocycles. The number of aromatic nitrogens is 1. The largest absolute Gasteiger partial charge is 0.397 e. The number of nitrogen functional groups attached to an aromatic ring is 1. The van der Waals surface area contributed by atoms with Gasteiger partial charge in [0.1, 0.15) is 5.82 Å². The van der Waals surface area contributed by atoms with Crippen LogP contribution in [0.15, 0.2) is 12.3 Å². The molecule has 0 bridgehead atoms. The quantitative estimate of drug-likeness (QED) is 0.804. The topological polar surface area (TPSA) is 50.9 Å². The molecule has 0 aliphatic heterocycles. The lowest BCUT2D eigenvalue weighted by Crippen LogP contribution is -2.27. The van der Waals surface area contributed by atoms with Gasteiger partial charge in [-0.15, -0.1) is 0 Å². The van der Waals surface area contributed by atoms with Gasteiger partial charge in [-0.05, 0) is 37.3 Å². The maximum Gasteiger partial charge on any atom is 0.129 e. The Morgan fingerprint density at radius 1 is 1.44 bits per heavy atom. The summed E-state index contributed by atoms with van der Waals surface area (Å²) in [6.07, 6.45) is 6.93. The van der Waals surface area contributed by atoms with Crippen molar-refractivity contribution in [2.24, 2.45) is 5.92 Å². The molecule has 1 aromatic heterocycles. The van der Waals surface area contributed by atoms with Crippen LogP contribution in [0.2, 0.25) is 0 Å². The second-order valence-electron chi connectivity index (χ2n) is 5.05. The third-order valence-electron chi connectivity index (χ3n) is 3.38. The zero-order valence-corrected chi connectivity index (χ0v) is 10.2. The highest BCUT2D eigenvalue weighted by atomic mass is 15.0. The fraction of sp³-hybridized carbons (Fsp3) is 0.615. The van der Waals surface area contributed by atoms with Gasteiger partial charge in [-0.3, -0.25) is 0 Å².